The number of halogens is 2. The van der Waals surface area contributed by atoms with Gasteiger partial charge in [-0.05, 0) is 47.9 Å². The van der Waals surface area contributed by atoms with Gasteiger partial charge >= 0.3 is 0 Å². The standard InChI is InChI=1S/C22H16Cl2S4/c1-11-19(23)17-15(9-13-5-3-7-25-13)22-18(20(24)12(2)28-22)16(21(17)27-11)10-14-6-4-8-26-14/h3-8H,9-10H2,1-2H3. The molecule has 0 amide bonds. The minimum Gasteiger partial charge on any atom is -0.149 e. The molecule has 0 aliphatic heterocycles. The molecular formula is C22H16Cl2S4. The maximum atomic E-state index is 6.88. The average Bonchev–Trinajstić information content (AvgIpc) is 3.44. The maximum absolute atomic E-state index is 6.88. The van der Waals surface area contributed by atoms with E-state index in [1.807, 2.05) is 22.7 Å². The number of rotatable bonds is 4. The summed E-state index contributed by atoms with van der Waals surface area (Å²) in [7, 11) is 0. The zero-order valence-corrected chi connectivity index (χ0v) is 20.0. The first-order valence-corrected chi connectivity index (χ1v) is 13.0. The Morgan fingerprint density at radius 3 is 1.50 bits per heavy atom. The lowest BCUT2D eigenvalue weighted by molar-refractivity contribution is 1.27. The monoisotopic (exact) mass is 478 g/mol. The third-order valence-corrected chi connectivity index (χ3v) is 10.3. The summed E-state index contributed by atoms with van der Waals surface area (Å²) in [5.74, 6) is 0. The molecule has 0 saturated carbocycles. The predicted octanol–water partition coefficient (Wildman–Crippen LogP) is 9.34. The van der Waals surface area contributed by atoms with Crippen LogP contribution in [0.2, 0.25) is 10.0 Å². The summed E-state index contributed by atoms with van der Waals surface area (Å²) < 4.78 is 2.60. The molecule has 5 rings (SSSR count). The molecule has 5 aromatic rings. The molecule has 0 bridgehead atoms. The van der Waals surface area contributed by atoms with E-state index in [0.29, 0.717) is 0 Å². The number of hydrogen-bond donors (Lipinski definition) is 0. The summed E-state index contributed by atoms with van der Waals surface area (Å²) in [5, 5.41) is 8.56. The number of benzene rings is 1. The molecule has 0 aliphatic carbocycles. The normalized spacial score (nSPS) is 11.9. The second-order valence-corrected chi connectivity index (χ2v) is 12.1. The van der Waals surface area contributed by atoms with E-state index in [-0.39, 0.29) is 0 Å². The Labute approximate surface area is 190 Å². The van der Waals surface area contributed by atoms with Crippen LogP contribution in [0.25, 0.3) is 20.2 Å². The van der Waals surface area contributed by atoms with Crippen LogP contribution in [0.3, 0.4) is 0 Å². The van der Waals surface area contributed by atoms with Crippen molar-refractivity contribution in [1.82, 2.24) is 0 Å². The Balaban J connectivity index is 1.89. The highest BCUT2D eigenvalue weighted by atomic mass is 35.5. The molecule has 4 aromatic heterocycles. The Morgan fingerprint density at radius 2 is 1.14 bits per heavy atom. The van der Waals surface area contributed by atoms with Crippen molar-refractivity contribution in [1.29, 1.82) is 0 Å². The lowest BCUT2D eigenvalue weighted by Crippen LogP contribution is -1.93. The van der Waals surface area contributed by atoms with Gasteiger partial charge in [-0.3, -0.25) is 0 Å². The smallest absolute Gasteiger partial charge is 0.0624 e. The lowest BCUT2D eigenvalue weighted by Gasteiger charge is -2.12. The lowest BCUT2D eigenvalue weighted by atomic mass is 9.97. The molecule has 4 heterocycles. The summed E-state index contributed by atoms with van der Waals surface area (Å²) in [4.78, 5) is 5.08. The van der Waals surface area contributed by atoms with Gasteiger partial charge in [-0.15, -0.1) is 45.3 Å². The van der Waals surface area contributed by atoms with Crippen molar-refractivity contribution in [3.05, 3.63) is 75.7 Å². The van der Waals surface area contributed by atoms with E-state index in [0.717, 1.165) is 22.9 Å². The summed E-state index contributed by atoms with van der Waals surface area (Å²) in [6, 6.07) is 8.65. The van der Waals surface area contributed by atoms with Crippen LogP contribution >= 0.6 is 68.5 Å². The number of fused-ring (bicyclic) bond motifs is 2. The van der Waals surface area contributed by atoms with Crippen LogP contribution in [0.15, 0.2) is 35.0 Å². The van der Waals surface area contributed by atoms with Gasteiger partial charge in [0, 0.05) is 52.5 Å². The van der Waals surface area contributed by atoms with Crippen LogP contribution in [0.1, 0.15) is 30.6 Å². The van der Waals surface area contributed by atoms with Gasteiger partial charge in [0.1, 0.15) is 0 Å². The number of aryl methyl sites for hydroxylation is 2. The molecule has 0 aliphatic rings. The fourth-order valence-corrected chi connectivity index (χ4v) is 8.19. The van der Waals surface area contributed by atoms with Gasteiger partial charge in [0.25, 0.3) is 0 Å². The van der Waals surface area contributed by atoms with E-state index < -0.39 is 0 Å². The van der Waals surface area contributed by atoms with Crippen molar-refractivity contribution < 1.29 is 0 Å². The van der Waals surface area contributed by atoms with Gasteiger partial charge in [0.2, 0.25) is 0 Å². The Morgan fingerprint density at radius 1 is 0.714 bits per heavy atom. The predicted molar refractivity (Wildman–Crippen MR) is 131 cm³/mol. The van der Waals surface area contributed by atoms with E-state index >= 15 is 0 Å². The number of hydrogen-bond acceptors (Lipinski definition) is 4. The Hall–Kier alpha value is -0.880. The van der Waals surface area contributed by atoms with Crippen molar-refractivity contribution in [2.75, 3.05) is 0 Å². The van der Waals surface area contributed by atoms with E-state index in [1.165, 1.54) is 50.8 Å². The van der Waals surface area contributed by atoms with Crippen LogP contribution in [0.4, 0.5) is 0 Å². The zero-order chi connectivity index (χ0) is 19.4. The molecule has 1 aromatic carbocycles. The van der Waals surface area contributed by atoms with Crippen LogP contribution in [-0.4, -0.2) is 0 Å². The fourth-order valence-electron chi connectivity index (χ4n) is 3.75. The van der Waals surface area contributed by atoms with Gasteiger partial charge in [0.05, 0.1) is 10.0 Å². The van der Waals surface area contributed by atoms with Gasteiger partial charge in [-0.2, -0.15) is 0 Å². The highest BCUT2D eigenvalue weighted by molar-refractivity contribution is 7.22. The van der Waals surface area contributed by atoms with Crippen molar-refractivity contribution in [3.63, 3.8) is 0 Å². The summed E-state index contributed by atoms with van der Waals surface area (Å²) in [5.41, 5.74) is 2.66. The van der Waals surface area contributed by atoms with Crippen molar-refractivity contribution in [3.8, 4) is 0 Å². The second-order valence-electron chi connectivity index (χ2n) is 6.82. The maximum Gasteiger partial charge on any atom is 0.0624 e. The van der Waals surface area contributed by atoms with Crippen LogP contribution < -0.4 is 0 Å². The zero-order valence-electron chi connectivity index (χ0n) is 15.3. The molecule has 142 valence electrons. The Kier molecular flexibility index (Phi) is 5.07. The van der Waals surface area contributed by atoms with E-state index in [4.69, 9.17) is 23.2 Å². The second kappa shape index (κ2) is 7.42. The Bertz CT molecular complexity index is 1190. The van der Waals surface area contributed by atoms with Gasteiger partial charge in [-0.25, -0.2) is 0 Å². The molecule has 0 saturated heterocycles. The van der Waals surface area contributed by atoms with Crippen molar-refractivity contribution >= 4 is 88.7 Å². The van der Waals surface area contributed by atoms with Crippen LogP contribution in [0.5, 0.6) is 0 Å². The molecule has 0 unspecified atom stereocenters. The third kappa shape index (κ3) is 3.06. The van der Waals surface area contributed by atoms with Crippen molar-refractivity contribution in [2.45, 2.75) is 26.7 Å². The topological polar surface area (TPSA) is 0 Å². The molecule has 28 heavy (non-hydrogen) atoms. The molecule has 6 heteroatoms. The highest BCUT2D eigenvalue weighted by Crippen LogP contribution is 2.49. The van der Waals surface area contributed by atoms with Gasteiger partial charge < -0.3 is 0 Å². The molecule has 0 atom stereocenters. The fraction of sp³-hybridized carbons (Fsp3) is 0.182. The highest BCUT2D eigenvalue weighted by Gasteiger charge is 2.24. The first-order chi connectivity index (χ1) is 13.5. The van der Waals surface area contributed by atoms with Crippen LogP contribution in [-0.2, 0) is 12.8 Å². The average molecular weight is 480 g/mol. The summed E-state index contributed by atoms with van der Waals surface area (Å²) in [6.45, 7) is 4.25. The SMILES string of the molecule is Cc1sc2c(Cc3cccs3)c3c(Cl)c(C)sc3c(Cc3cccs3)c2c1Cl. The first-order valence-electron chi connectivity index (χ1n) is 8.90. The van der Waals surface area contributed by atoms with Crippen LogP contribution in [0, 0.1) is 13.8 Å². The third-order valence-electron chi connectivity index (χ3n) is 5.04. The molecule has 0 spiro atoms. The summed E-state index contributed by atoms with van der Waals surface area (Å²) >= 11 is 21.0. The molecule has 0 fully saturated rings. The minimum atomic E-state index is 0.899. The quantitative estimate of drug-likeness (QED) is 0.241. The largest absolute Gasteiger partial charge is 0.149 e. The molecule has 0 nitrogen and oxygen atoms in total. The van der Waals surface area contributed by atoms with E-state index in [9.17, 15) is 0 Å². The first kappa shape index (κ1) is 19.1. The van der Waals surface area contributed by atoms with E-state index in [1.54, 1.807) is 22.7 Å². The molecular weight excluding hydrogens is 463 g/mol. The van der Waals surface area contributed by atoms with Gasteiger partial charge in [0.15, 0.2) is 0 Å². The molecule has 0 radical (unpaired) electrons. The van der Waals surface area contributed by atoms with Crippen molar-refractivity contribution in [2.24, 2.45) is 0 Å². The number of thiophene rings is 4. The summed E-state index contributed by atoms with van der Waals surface area (Å²) in [6.07, 6.45) is 1.80. The minimum absolute atomic E-state index is 0.899. The van der Waals surface area contributed by atoms with Gasteiger partial charge in [-0.1, -0.05) is 35.3 Å². The van der Waals surface area contributed by atoms with E-state index in [2.05, 4.69) is 48.9 Å². The molecule has 0 N–H and O–H groups in total.